The summed E-state index contributed by atoms with van der Waals surface area (Å²) in [4.78, 5) is 0. The first-order chi connectivity index (χ1) is 8.34. The normalized spacial score (nSPS) is 16.3. The van der Waals surface area contributed by atoms with Gasteiger partial charge >= 0.3 is 0 Å². The lowest BCUT2D eigenvalue weighted by atomic mass is 10.1. The zero-order chi connectivity index (χ0) is 11.9. The monoisotopic (exact) mass is 233 g/mol. The summed E-state index contributed by atoms with van der Waals surface area (Å²) in [5, 5.41) is 3.49. The Hall–Kier alpha value is -1.02. The molecule has 0 saturated heterocycles. The Morgan fingerprint density at radius 2 is 2.12 bits per heavy atom. The third kappa shape index (κ3) is 4.39. The molecule has 94 valence electrons. The number of hydrogen-bond acceptors (Lipinski definition) is 2. The fourth-order valence-electron chi connectivity index (χ4n) is 2.47. The van der Waals surface area contributed by atoms with Gasteiger partial charge in [-0.3, -0.25) is 0 Å². The lowest BCUT2D eigenvalue weighted by molar-refractivity contribution is 0.308. The zero-order valence-electron chi connectivity index (χ0n) is 10.7. The molecule has 2 rings (SSSR count). The minimum Gasteiger partial charge on any atom is -0.492 e. The van der Waals surface area contributed by atoms with Crippen molar-refractivity contribution in [2.75, 3.05) is 19.7 Å². The molecule has 0 unspecified atom stereocenters. The van der Waals surface area contributed by atoms with E-state index in [0.29, 0.717) is 0 Å². The molecule has 1 aliphatic rings. The van der Waals surface area contributed by atoms with E-state index in [4.69, 9.17) is 4.74 Å². The van der Waals surface area contributed by atoms with Crippen LogP contribution in [0, 0.1) is 12.8 Å². The molecule has 0 heterocycles. The SMILES string of the molecule is Cc1cccc(OCCNCC2CCCC2)c1. The fraction of sp³-hybridized carbons (Fsp3) is 0.600. The molecule has 0 bridgehead atoms. The Bertz CT molecular complexity index is 331. The smallest absolute Gasteiger partial charge is 0.119 e. The molecule has 0 spiro atoms. The van der Waals surface area contributed by atoms with Gasteiger partial charge in [0, 0.05) is 6.54 Å². The molecule has 0 aromatic heterocycles. The van der Waals surface area contributed by atoms with E-state index >= 15 is 0 Å². The first-order valence-corrected chi connectivity index (χ1v) is 6.75. The van der Waals surface area contributed by atoms with Gasteiger partial charge in [0.05, 0.1) is 0 Å². The van der Waals surface area contributed by atoms with Crippen molar-refractivity contribution in [1.29, 1.82) is 0 Å². The topological polar surface area (TPSA) is 21.3 Å². The molecule has 1 fully saturated rings. The van der Waals surface area contributed by atoms with E-state index in [1.54, 1.807) is 0 Å². The zero-order valence-corrected chi connectivity index (χ0v) is 10.7. The van der Waals surface area contributed by atoms with Crippen LogP contribution in [-0.2, 0) is 0 Å². The van der Waals surface area contributed by atoms with E-state index < -0.39 is 0 Å². The molecule has 1 aromatic carbocycles. The Labute approximate surface area is 104 Å². The quantitative estimate of drug-likeness (QED) is 0.762. The standard InChI is InChI=1S/C15H23NO/c1-13-5-4-8-15(11-13)17-10-9-16-12-14-6-2-3-7-14/h4-5,8,11,14,16H,2-3,6-7,9-10,12H2,1H3. The molecule has 2 nitrogen and oxygen atoms in total. The van der Waals surface area contributed by atoms with Crippen molar-refractivity contribution in [3.05, 3.63) is 29.8 Å². The molecule has 1 saturated carbocycles. The van der Waals surface area contributed by atoms with Crippen LogP contribution >= 0.6 is 0 Å². The van der Waals surface area contributed by atoms with Gasteiger partial charge in [-0.2, -0.15) is 0 Å². The minimum absolute atomic E-state index is 0.760. The predicted molar refractivity (Wildman–Crippen MR) is 71.5 cm³/mol. The molecule has 1 N–H and O–H groups in total. The van der Waals surface area contributed by atoms with Crippen LogP contribution in [0.3, 0.4) is 0 Å². The molecular weight excluding hydrogens is 210 g/mol. The maximum atomic E-state index is 5.69. The van der Waals surface area contributed by atoms with Crippen LogP contribution < -0.4 is 10.1 Å². The van der Waals surface area contributed by atoms with Crippen LogP contribution in [-0.4, -0.2) is 19.7 Å². The van der Waals surface area contributed by atoms with Gasteiger partial charge in [-0.05, 0) is 49.9 Å². The Balaban J connectivity index is 1.56. The molecule has 0 radical (unpaired) electrons. The van der Waals surface area contributed by atoms with Crippen LogP contribution in [0.4, 0.5) is 0 Å². The summed E-state index contributed by atoms with van der Waals surface area (Å²) in [6.07, 6.45) is 5.66. The highest BCUT2D eigenvalue weighted by atomic mass is 16.5. The van der Waals surface area contributed by atoms with E-state index in [1.165, 1.54) is 31.2 Å². The van der Waals surface area contributed by atoms with Crippen LogP contribution in [0.15, 0.2) is 24.3 Å². The highest BCUT2D eigenvalue weighted by molar-refractivity contribution is 5.27. The van der Waals surface area contributed by atoms with Crippen molar-refractivity contribution < 1.29 is 4.74 Å². The summed E-state index contributed by atoms with van der Waals surface area (Å²) in [5.74, 6) is 1.89. The van der Waals surface area contributed by atoms with Crippen LogP contribution in [0.2, 0.25) is 0 Å². The summed E-state index contributed by atoms with van der Waals surface area (Å²) in [6, 6.07) is 8.22. The molecule has 0 aliphatic heterocycles. The fourth-order valence-corrected chi connectivity index (χ4v) is 2.47. The summed E-state index contributed by atoms with van der Waals surface area (Å²) in [5.41, 5.74) is 1.25. The number of aryl methyl sites for hydroxylation is 1. The van der Waals surface area contributed by atoms with E-state index in [9.17, 15) is 0 Å². The maximum Gasteiger partial charge on any atom is 0.119 e. The van der Waals surface area contributed by atoms with Crippen LogP contribution in [0.1, 0.15) is 31.2 Å². The number of rotatable bonds is 6. The summed E-state index contributed by atoms with van der Waals surface area (Å²) >= 11 is 0. The maximum absolute atomic E-state index is 5.69. The van der Waals surface area contributed by atoms with Gasteiger partial charge in [0.1, 0.15) is 12.4 Å². The number of ether oxygens (including phenoxy) is 1. The largest absolute Gasteiger partial charge is 0.492 e. The first kappa shape index (κ1) is 12.4. The van der Waals surface area contributed by atoms with Gasteiger partial charge in [0.2, 0.25) is 0 Å². The summed E-state index contributed by atoms with van der Waals surface area (Å²) in [7, 11) is 0. The van der Waals surface area contributed by atoms with E-state index in [2.05, 4.69) is 24.4 Å². The van der Waals surface area contributed by atoms with E-state index in [0.717, 1.165) is 31.4 Å². The van der Waals surface area contributed by atoms with Gasteiger partial charge in [0.15, 0.2) is 0 Å². The highest BCUT2D eigenvalue weighted by Crippen LogP contribution is 2.23. The number of hydrogen-bond donors (Lipinski definition) is 1. The lowest BCUT2D eigenvalue weighted by Gasteiger charge is -2.11. The Morgan fingerprint density at radius 3 is 2.88 bits per heavy atom. The third-order valence-corrected chi connectivity index (χ3v) is 3.44. The van der Waals surface area contributed by atoms with Crippen molar-refractivity contribution in [1.82, 2.24) is 5.32 Å². The second kappa shape index (κ2) is 6.65. The van der Waals surface area contributed by atoms with Crippen molar-refractivity contribution in [3.8, 4) is 5.75 Å². The summed E-state index contributed by atoms with van der Waals surface area (Å²) in [6.45, 7) is 4.96. The van der Waals surface area contributed by atoms with Gasteiger partial charge < -0.3 is 10.1 Å². The Kier molecular flexibility index (Phi) is 4.87. The predicted octanol–water partition coefficient (Wildman–Crippen LogP) is 3.15. The van der Waals surface area contributed by atoms with Gasteiger partial charge in [0.25, 0.3) is 0 Å². The highest BCUT2D eigenvalue weighted by Gasteiger charge is 2.13. The summed E-state index contributed by atoms with van der Waals surface area (Å²) < 4.78 is 5.69. The molecule has 0 atom stereocenters. The van der Waals surface area contributed by atoms with E-state index in [1.807, 2.05) is 12.1 Å². The van der Waals surface area contributed by atoms with E-state index in [-0.39, 0.29) is 0 Å². The molecule has 1 aliphatic carbocycles. The van der Waals surface area contributed by atoms with Crippen LogP contribution in [0.5, 0.6) is 5.75 Å². The molecular formula is C15H23NO. The molecule has 17 heavy (non-hydrogen) atoms. The number of nitrogens with one attached hydrogen (secondary N) is 1. The van der Waals surface area contributed by atoms with Crippen LogP contribution in [0.25, 0.3) is 0 Å². The minimum atomic E-state index is 0.760. The van der Waals surface area contributed by atoms with Gasteiger partial charge in [-0.15, -0.1) is 0 Å². The van der Waals surface area contributed by atoms with Gasteiger partial charge in [-0.25, -0.2) is 0 Å². The van der Waals surface area contributed by atoms with Crippen molar-refractivity contribution in [2.24, 2.45) is 5.92 Å². The van der Waals surface area contributed by atoms with Crippen molar-refractivity contribution in [2.45, 2.75) is 32.6 Å². The molecule has 0 amide bonds. The first-order valence-electron chi connectivity index (χ1n) is 6.75. The second-order valence-electron chi connectivity index (χ2n) is 5.02. The Morgan fingerprint density at radius 1 is 1.29 bits per heavy atom. The number of benzene rings is 1. The second-order valence-corrected chi connectivity index (χ2v) is 5.02. The van der Waals surface area contributed by atoms with Gasteiger partial charge in [-0.1, -0.05) is 25.0 Å². The average molecular weight is 233 g/mol. The third-order valence-electron chi connectivity index (χ3n) is 3.44. The lowest BCUT2D eigenvalue weighted by Crippen LogP contribution is -2.26. The van der Waals surface area contributed by atoms with Crippen molar-refractivity contribution >= 4 is 0 Å². The molecule has 2 heteroatoms. The molecule has 1 aromatic rings. The average Bonchev–Trinajstić information content (AvgIpc) is 2.82. The van der Waals surface area contributed by atoms with Crippen molar-refractivity contribution in [3.63, 3.8) is 0 Å².